The van der Waals surface area contributed by atoms with E-state index in [1.807, 2.05) is 35.3 Å². The second-order valence-corrected chi connectivity index (χ2v) is 3.54. The summed E-state index contributed by atoms with van der Waals surface area (Å²) in [6.45, 7) is 2.92. The fraction of sp³-hybridized carbons (Fsp3) is 0.250. The molecule has 2 rings (SSSR count). The molecular formula is C12H15N3O. The number of anilines is 1. The molecule has 1 aromatic heterocycles. The van der Waals surface area contributed by atoms with Gasteiger partial charge in [0.2, 0.25) is 0 Å². The molecule has 1 heterocycles. The van der Waals surface area contributed by atoms with E-state index in [0.29, 0.717) is 11.4 Å². The predicted octanol–water partition coefficient (Wildman–Crippen LogP) is 2.16. The minimum absolute atomic E-state index is 0.647. The highest BCUT2D eigenvalue weighted by atomic mass is 16.5. The molecule has 0 aliphatic heterocycles. The van der Waals surface area contributed by atoms with Crippen LogP contribution in [0.3, 0.4) is 0 Å². The van der Waals surface area contributed by atoms with Gasteiger partial charge in [0.05, 0.1) is 19.0 Å². The Bertz CT molecular complexity index is 491. The van der Waals surface area contributed by atoms with Crippen LogP contribution in [-0.4, -0.2) is 16.9 Å². The highest BCUT2D eigenvalue weighted by molar-refractivity contribution is 5.68. The maximum absolute atomic E-state index is 5.76. The molecule has 4 nitrogen and oxygen atoms in total. The third-order valence-corrected chi connectivity index (χ3v) is 2.52. The molecule has 2 aromatic rings. The average molecular weight is 217 g/mol. The molecule has 0 bridgehead atoms. The van der Waals surface area contributed by atoms with Gasteiger partial charge in [-0.1, -0.05) is 6.07 Å². The van der Waals surface area contributed by atoms with E-state index in [0.717, 1.165) is 17.7 Å². The molecule has 0 radical (unpaired) electrons. The first kappa shape index (κ1) is 10.5. The lowest BCUT2D eigenvalue weighted by Crippen LogP contribution is -1.93. The van der Waals surface area contributed by atoms with Gasteiger partial charge in [-0.2, -0.15) is 5.10 Å². The Morgan fingerprint density at radius 3 is 2.81 bits per heavy atom. The molecule has 2 N–H and O–H groups in total. The van der Waals surface area contributed by atoms with Gasteiger partial charge < -0.3 is 10.5 Å². The topological polar surface area (TPSA) is 53.1 Å². The minimum atomic E-state index is 0.647. The Balaban J connectivity index is 2.40. The Kier molecular flexibility index (Phi) is 2.81. The number of aromatic nitrogens is 2. The van der Waals surface area contributed by atoms with Crippen LogP contribution >= 0.6 is 0 Å². The van der Waals surface area contributed by atoms with Gasteiger partial charge in [-0.05, 0) is 24.6 Å². The molecule has 4 heteroatoms. The first-order valence-electron chi connectivity index (χ1n) is 5.21. The summed E-state index contributed by atoms with van der Waals surface area (Å²) in [5, 5.41) is 4.23. The van der Waals surface area contributed by atoms with E-state index in [9.17, 15) is 0 Å². The van der Waals surface area contributed by atoms with Gasteiger partial charge in [0.15, 0.2) is 0 Å². The van der Waals surface area contributed by atoms with Crippen LogP contribution in [0.4, 0.5) is 5.69 Å². The molecule has 0 saturated carbocycles. The number of benzene rings is 1. The molecule has 0 saturated heterocycles. The number of hydrogen-bond donors (Lipinski definition) is 1. The molecule has 84 valence electrons. The summed E-state index contributed by atoms with van der Waals surface area (Å²) in [7, 11) is 1.62. The van der Waals surface area contributed by atoms with Gasteiger partial charge in [-0.25, -0.2) is 0 Å². The molecule has 0 unspecified atom stereocenters. The highest BCUT2D eigenvalue weighted by Crippen LogP contribution is 2.28. The van der Waals surface area contributed by atoms with Gasteiger partial charge in [-0.15, -0.1) is 0 Å². The fourth-order valence-corrected chi connectivity index (χ4v) is 1.58. The van der Waals surface area contributed by atoms with Crippen molar-refractivity contribution in [3.63, 3.8) is 0 Å². The zero-order chi connectivity index (χ0) is 11.5. The molecule has 0 aliphatic carbocycles. The van der Waals surface area contributed by atoms with Crippen LogP contribution in [0.5, 0.6) is 5.75 Å². The van der Waals surface area contributed by atoms with E-state index in [2.05, 4.69) is 12.0 Å². The fourth-order valence-electron chi connectivity index (χ4n) is 1.58. The quantitative estimate of drug-likeness (QED) is 0.801. The molecule has 0 fully saturated rings. The summed E-state index contributed by atoms with van der Waals surface area (Å²) >= 11 is 0. The molecule has 0 amide bonds. The van der Waals surface area contributed by atoms with Crippen molar-refractivity contribution in [3.8, 4) is 16.9 Å². The van der Waals surface area contributed by atoms with Crippen molar-refractivity contribution in [1.82, 2.24) is 9.78 Å². The Morgan fingerprint density at radius 1 is 1.38 bits per heavy atom. The lowest BCUT2D eigenvalue weighted by Gasteiger charge is -2.05. The summed E-state index contributed by atoms with van der Waals surface area (Å²) < 4.78 is 7.08. The molecule has 1 aromatic carbocycles. The van der Waals surface area contributed by atoms with Crippen molar-refractivity contribution >= 4 is 5.69 Å². The maximum Gasteiger partial charge on any atom is 0.142 e. The number of methoxy groups -OCH3 is 1. The number of ether oxygens (including phenoxy) is 1. The number of nitrogen functional groups attached to an aromatic ring is 1. The summed E-state index contributed by atoms with van der Waals surface area (Å²) in [5.41, 5.74) is 8.54. The SMILES string of the molecule is CCn1cc(-c2ccc(N)c(OC)c2)cn1. The second kappa shape index (κ2) is 4.26. The van der Waals surface area contributed by atoms with Crippen molar-refractivity contribution in [2.24, 2.45) is 0 Å². The highest BCUT2D eigenvalue weighted by Gasteiger charge is 2.05. The maximum atomic E-state index is 5.76. The van der Waals surface area contributed by atoms with Gasteiger partial charge >= 0.3 is 0 Å². The van der Waals surface area contributed by atoms with Gasteiger partial charge in [-0.3, -0.25) is 4.68 Å². The molecule has 0 atom stereocenters. The van der Waals surface area contributed by atoms with Gasteiger partial charge in [0.25, 0.3) is 0 Å². The Labute approximate surface area is 94.6 Å². The zero-order valence-electron chi connectivity index (χ0n) is 9.47. The first-order valence-corrected chi connectivity index (χ1v) is 5.21. The predicted molar refractivity (Wildman–Crippen MR) is 64.3 cm³/mol. The van der Waals surface area contributed by atoms with Crippen LogP contribution in [-0.2, 0) is 6.54 Å². The molecule has 16 heavy (non-hydrogen) atoms. The third kappa shape index (κ3) is 1.86. The van der Waals surface area contributed by atoms with Crippen molar-refractivity contribution < 1.29 is 4.74 Å². The summed E-state index contributed by atoms with van der Waals surface area (Å²) in [4.78, 5) is 0. The Morgan fingerprint density at radius 2 is 2.19 bits per heavy atom. The first-order chi connectivity index (χ1) is 7.74. The van der Waals surface area contributed by atoms with Crippen LogP contribution in [0.2, 0.25) is 0 Å². The van der Waals surface area contributed by atoms with Crippen molar-refractivity contribution in [2.45, 2.75) is 13.5 Å². The number of rotatable bonds is 3. The summed E-state index contributed by atoms with van der Waals surface area (Å²) in [5.74, 6) is 0.696. The number of nitrogens with two attached hydrogens (primary N) is 1. The number of hydrogen-bond acceptors (Lipinski definition) is 3. The lowest BCUT2D eigenvalue weighted by molar-refractivity contribution is 0.417. The normalized spacial score (nSPS) is 10.4. The van der Waals surface area contributed by atoms with E-state index >= 15 is 0 Å². The number of aryl methyl sites for hydroxylation is 1. The van der Waals surface area contributed by atoms with Crippen LogP contribution in [0.1, 0.15) is 6.92 Å². The third-order valence-electron chi connectivity index (χ3n) is 2.52. The van der Waals surface area contributed by atoms with E-state index in [1.54, 1.807) is 7.11 Å². The van der Waals surface area contributed by atoms with Gasteiger partial charge in [0.1, 0.15) is 5.75 Å². The average Bonchev–Trinajstić information content (AvgIpc) is 2.78. The smallest absolute Gasteiger partial charge is 0.142 e. The zero-order valence-corrected chi connectivity index (χ0v) is 9.47. The van der Waals surface area contributed by atoms with Crippen molar-refractivity contribution in [2.75, 3.05) is 12.8 Å². The van der Waals surface area contributed by atoms with E-state index in [4.69, 9.17) is 10.5 Å². The Hall–Kier alpha value is -1.97. The minimum Gasteiger partial charge on any atom is -0.495 e. The lowest BCUT2D eigenvalue weighted by atomic mass is 10.1. The van der Waals surface area contributed by atoms with Crippen molar-refractivity contribution in [1.29, 1.82) is 0 Å². The summed E-state index contributed by atoms with van der Waals surface area (Å²) in [6, 6.07) is 5.73. The van der Waals surface area contributed by atoms with E-state index in [-0.39, 0.29) is 0 Å². The molecule has 0 aliphatic rings. The van der Waals surface area contributed by atoms with Gasteiger partial charge in [0, 0.05) is 18.3 Å². The molecular weight excluding hydrogens is 202 g/mol. The van der Waals surface area contributed by atoms with Crippen LogP contribution in [0.15, 0.2) is 30.6 Å². The van der Waals surface area contributed by atoms with Crippen molar-refractivity contribution in [3.05, 3.63) is 30.6 Å². The van der Waals surface area contributed by atoms with Crippen LogP contribution in [0.25, 0.3) is 11.1 Å². The van der Waals surface area contributed by atoms with E-state index in [1.165, 1.54) is 0 Å². The van der Waals surface area contributed by atoms with Crippen LogP contribution < -0.4 is 10.5 Å². The number of nitrogens with zero attached hydrogens (tertiary/aromatic N) is 2. The standard InChI is InChI=1S/C12H15N3O/c1-3-15-8-10(7-14-15)9-4-5-11(13)12(6-9)16-2/h4-8H,3,13H2,1-2H3. The monoisotopic (exact) mass is 217 g/mol. The van der Waals surface area contributed by atoms with E-state index < -0.39 is 0 Å². The summed E-state index contributed by atoms with van der Waals surface area (Å²) in [6.07, 6.45) is 3.85. The van der Waals surface area contributed by atoms with Crippen LogP contribution in [0, 0.1) is 0 Å². The molecule has 0 spiro atoms. The largest absolute Gasteiger partial charge is 0.495 e. The second-order valence-electron chi connectivity index (χ2n) is 3.54.